The van der Waals surface area contributed by atoms with Gasteiger partial charge in [-0.25, -0.2) is 4.39 Å². The third-order valence-corrected chi connectivity index (χ3v) is 3.13. The summed E-state index contributed by atoms with van der Waals surface area (Å²) in [6.07, 6.45) is 0.589. The minimum absolute atomic E-state index is 0.161. The molecule has 5 heteroatoms. The van der Waals surface area contributed by atoms with Crippen LogP contribution in [0.2, 0.25) is 0 Å². The molecule has 17 heavy (non-hydrogen) atoms. The number of amides is 1. The van der Waals surface area contributed by atoms with Crippen LogP contribution in [0.25, 0.3) is 0 Å². The van der Waals surface area contributed by atoms with Gasteiger partial charge in [-0.1, -0.05) is 22.9 Å². The summed E-state index contributed by atoms with van der Waals surface area (Å²) in [5.74, 6) is -0.879. The van der Waals surface area contributed by atoms with E-state index >= 15 is 0 Å². The zero-order valence-corrected chi connectivity index (χ0v) is 11.3. The second kappa shape index (κ2) is 5.60. The Morgan fingerprint density at radius 3 is 2.65 bits per heavy atom. The molecule has 1 aromatic rings. The van der Waals surface area contributed by atoms with Gasteiger partial charge in [0.15, 0.2) is 0 Å². The van der Waals surface area contributed by atoms with Gasteiger partial charge in [0.2, 0.25) is 0 Å². The van der Waals surface area contributed by atoms with Gasteiger partial charge in [0, 0.05) is 10.0 Å². The molecule has 0 radical (unpaired) electrons. The minimum Gasteiger partial charge on any atom is -0.394 e. The molecule has 0 fully saturated rings. The highest BCUT2D eigenvalue weighted by molar-refractivity contribution is 9.10. The molecule has 0 aliphatic carbocycles. The number of aliphatic hydroxyl groups is 1. The predicted octanol–water partition coefficient (Wildman–Crippen LogP) is 2.48. The Balaban J connectivity index is 2.90. The number of aliphatic hydroxyl groups excluding tert-OH is 1. The zero-order valence-electron chi connectivity index (χ0n) is 9.76. The molecule has 1 atom stereocenters. The first kappa shape index (κ1) is 14.1. The SMILES string of the molecule is CCC(C)(CO)NC(=O)c1cc(F)cc(Br)c1. The van der Waals surface area contributed by atoms with Crippen molar-refractivity contribution in [3.63, 3.8) is 0 Å². The molecule has 0 saturated heterocycles. The van der Waals surface area contributed by atoms with Crippen molar-refractivity contribution in [2.24, 2.45) is 0 Å². The fourth-order valence-electron chi connectivity index (χ4n) is 1.27. The normalized spacial score (nSPS) is 14.2. The average molecular weight is 304 g/mol. The maximum Gasteiger partial charge on any atom is 0.251 e. The number of hydrogen-bond donors (Lipinski definition) is 2. The van der Waals surface area contributed by atoms with Crippen molar-refractivity contribution in [2.75, 3.05) is 6.61 Å². The monoisotopic (exact) mass is 303 g/mol. The van der Waals surface area contributed by atoms with Gasteiger partial charge >= 0.3 is 0 Å². The second-order valence-electron chi connectivity index (χ2n) is 4.18. The van der Waals surface area contributed by atoms with Crippen LogP contribution in [-0.4, -0.2) is 23.2 Å². The number of rotatable bonds is 4. The van der Waals surface area contributed by atoms with E-state index in [1.807, 2.05) is 6.92 Å². The fraction of sp³-hybridized carbons (Fsp3) is 0.417. The third kappa shape index (κ3) is 3.78. The van der Waals surface area contributed by atoms with Crippen LogP contribution in [0.3, 0.4) is 0 Å². The van der Waals surface area contributed by atoms with Crippen LogP contribution < -0.4 is 5.32 Å². The lowest BCUT2D eigenvalue weighted by atomic mass is 9.99. The Kier molecular flexibility index (Phi) is 4.65. The van der Waals surface area contributed by atoms with Gasteiger partial charge in [-0.15, -0.1) is 0 Å². The molecule has 0 aromatic heterocycles. The summed E-state index contributed by atoms with van der Waals surface area (Å²) in [7, 11) is 0. The first-order valence-corrected chi connectivity index (χ1v) is 6.09. The van der Waals surface area contributed by atoms with Gasteiger partial charge in [-0.3, -0.25) is 4.79 Å². The second-order valence-corrected chi connectivity index (χ2v) is 5.10. The molecule has 0 saturated carbocycles. The minimum atomic E-state index is -0.685. The van der Waals surface area contributed by atoms with E-state index in [0.717, 1.165) is 6.07 Å². The van der Waals surface area contributed by atoms with Crippen molar-refractivity contribution in [3.05, 3.63) is 34.1 Å². The molecule has 3 nitrogen and oxygen atoms in total. The predicted molar refractivity (Wildman–Crippen MR) is 67.3 cm³/mol. The third-order valence-electron chi connectivity index (χ3n) is 2.67. The first-order valence-electron chi connectivity index (χ1n) is 5.29. The molecule has 0 aliphatic rings. The molecule has 0 heterocycles. The molecule has 2 N–H and O–H groups in total. The molecule has 0 aliphatic heterocycles. The Morgan fingerprint density at radius 1 is 1.53 bits per heavy atom. The van der Waals surface area contributed by atoms with E-state index in [-0.39, 0.29) is 12.2 Å². The fourth-order valence-corrected chi connectivity index (χ4v) is 1.74. The molecule has 1 amide bonds. The highest BCUT2D eigenvalue weighted by atomic mass is 79.9. The average Bonchev–Trinajstić information content (AvgIpc) is 2.27. The highest BCUT2D eigenvalue weighted by Crippen LogP contribution is 2.16. The van der Waals surface area contributed by atoms with Gasteiger partial charge in [0.25, 0.3) is 5.91 Å². The molecular formula is C12H15BrFNO2. The van der Waals surface area contributed by atoms with Gasteiger partial charge in [0.1, 0.15) is 5.82 Å². The van der Waals surface area contributed by atoms with E-state index in [2.05, 4.69) is 21.2 Å². The number of nitrogens with one attached hydrogen (secondary N) is 1. The summed E-state index contributed by atoms with van der Waals surface area (Å²) in [4.78, 5) is 11.9. The Morgan fingerprint density at radius 2 is 2.18 bits per heavy atom. The van der Waals surface area contributed by atoms with E-state index in [1.54, 1.807) is 6.92 Å². The van der Waals surface area contributed by atoms with Crippen LogP contribution in [0.15, 0.2) is 22.7 Å². The molecule has 94 valence electrons. The van der Waals surface area contributed by atoms with Crippen molar-refractivity contribution in [1.29, 1.82) is 0 Å². The number of halogens is 2. The molecule has 1 rings (SSSR count). The number of hydrogen-bond acceptors (Lipinski definition) is 2. The van der Waals surface area contributed by atoms with Crippen LogP contribution in [0.5, 0.6) is 0 Å². The van der Waals surface area contributed by atoms with Gasteiger partial charge in [0.05, 0.1) is 12.1 Å². The van der Waals surface area contributed by atoms with Crippen LogP contribution >= 0.6 is 15.9 Å². The van der Waals surface area contributed by atoms with Crippen molar-refractivity contribution < 1.29 is 14.3 Å². The van der Waals surface area contributed by atoms with E-state index in [9.17, 15) is 14.3 Å². The van der Waals surface area contributed by atoms with Crippen LogP contribution in [0.4, 0.5) is 4.39 Å². The molecule has 1 unspecified atom stereocenters. The maximum absolute atomic E-state index is 13.1. The zero-order chi connectivity index (χ0) is 13.1. The molecule has 0 bridgehead atoms. The number of carbonyl (C=O) groups is 1. The van der Waals surface area contributed by atoms with E-state index in [0.29, 0.717) is 10.9 Å². The van der Waals surface area contributed by atoms with Gasteiger partial charge in [-0.05, 0) is 31.5 Å². The first-order chi connectivity index (χ1) is 7.90. The number of benzene rings is 1. The Labute approximate surface area is 108 Å². The lowest BCUT2D eigenvalue weighted by Gasteiger charge is -2.27. The van der Waals surface area contributed by atoms with Crippen molar-refractivity contribution in [2.45, 2.75) is 25.8 Å². The molecule has 0 spiro atoms. The van der Waals surface area contributed by atoms with E-state index in [4.69, 9.17) is 0 Å². The number of carbonyl (C=O) groups excluding carboxylic acids is 1. The molecular weight excluding hydrogens is 289 g/mol. The van der Waals surface area contributed by atoms with Crippen LogP contribution in [-0.2, 0) is 0 Å². The summed E-state index contributed by atoms with van der Waals surface area (Å²) in [6, 6.07) is 3.97. The van der Waals surface area contributed by atoms with Crippen molar-refractivity contribution in [1.82, 2.24) is 5.32 Å². The Hall–Kier alpha value is -0.940. The van der Waals surface area contributed by atoms with E-state index in [1.165, 1.54) is 12.1 Å². The van der Waals surface area contributed by atoms with Gasteiger partial charge < -0.3 is 10.4 Å². The largest absolute Gasteiger partial charge is 0.394 e. The summed E-state index contributed by atoms with van der Waals surface area (Å²) < 4.78 is 13.6. The Bertz CT molecular complexity index is 399. The van der Waals surface area contributed by atoms with Gasteiger partial charge in [-0.2, -0.15) is 0 Å². The van der Waals surface area contributed by atoms with Crippen molar-refractivity contribution in [3.8, 4) is 0 Å². The van der Waals surface area contributed by atoms with Crippen LogP contribution in [0, 0.1) is 5.82 Å². The van der Waals surface area contributed by atoms with E-state index < -0.39 is 17.3 Å². The standard InChI is InChI=1S/C12H15BrFNO2/c1-3-12(2,7-16)15-11(17)8-4-9(13)6-10(14)5-8/h4-6,16H,3,7H2,1-2H3,(H,15,17). The summed E-state index contributed by atoms with van der Waals surface area (Å²) in [5, 5.41) is 11.9. The lowest BCUT2D eigenvalue weighted by molar-refractivity contribution is 0.0847. The van der Waals surface area contributed by atoms with Crippen LogP contribution in [0.1, 0.15) is 30.6 Å². The molecule has 1 aromatic carbocycles. The highest BCUT2D eigenvalue weighted by Gasteiger charge is 2.24. The summed E-state index contributed by atoms with van der Waals surface area (Å²) in [6.45, 7) is 3.43. The maximum atomic E-state index is 13.1. The smallest absolute Gasteiger partial charge is 0.251 e. The lowest BCUT2D eigenvalue weighted by Crippen LogP contribution is -2.48. The quantitative estimate of drug-likeness (QED) is 0.898. The summed E-state index contributed by atoms with van der Waals surface area (Å²) in [5.41, 5.74) is -0.458. The topological polar surface area (TPSA) is 49.3 Å². The van der Waals surface area contributed by atoms with Crippen molar-refractivity contribution >= 4 is 21.8 Å². The summed E-state index contributed by atoms with van der Waals surface area (Å²) >= 11 is 3.13.